The summed E-state index contributed by atoms with van der Waals surface area (Å²) in [5.41, 5.74) is 0.284. The van der Waals surface area contributed by atoms with Crippen molar-refractivity contribution in [1.29, 1.82) is 0 Å². The Hall–Kier alpha value is -3.28. The first-order chi connectivity index (χ1) is 12.0. The van der Waals surface area contributed by atoms with Gasteiger partial charge >= 0.3 is 5.97 Å². The molecule has 0 heterocycles. The van der Waals surface area contributed by atoms with E-state index in [1.165, 1.54) is 0 Å². The van der Waals surface area contributed by atoms with Crippen LogP contribution in [0.25, 0.3) is 10.8 Å². The van der Waals surface area contributed by atoms with Crippen LogP contribution >= 0.6 is 0 Å². The molecule has 0 unspecified atom stereocenters. The van der Waals surface area contributed by atoms with Gasteiger partial charge in [-0.2, -0.15) is 0 Å². The number of fused-ring (bicyclic) bond motifs is 1. The van der Waals surface area contributed by atoms with Gasteiger partial charge in [-0.15, -0.1) is 0 Å². The molecule has 3 rings (SSSR count). The van der Waals surface area contributed by atoms with Crippen LogP contribution in [-0.2, 0) is 9.53 Å². The van der Waals surface area contributed by atoms with Gasteiger partial charge < -0.3 is 10.1 Å². The number of anilines is 1. The van der Waals surface area contributed by atoms with E-state index >= 15 is 0 Å². The molecule has 0 aliphatic rings. The lowest BCUT2D eigenvalue weighted by Gasteiger charge is -2.09. The maximum atomic E-state index is 13.1. The van der Waals surface area contributed by atoms with E-state index in [9.17, 15) is 18.4 Å². The van der Waals surface area contributed by atoms with Crippen LogP contribution in [0.5, 0.6) is 0 Å². The average Bonchev–Trinajstić information content (AvgIpc) is 2.59. The number of amides is 1. The molecule has 25 heavy (non-hydrogen) atoms. The second kappa shape index (κ2) is 7.09. The van der Waals surface area contributed by atoms with Crippen molar-refractivity contribution >= 4 is 28.3 Å². The Morgan fingerprint density at radius 3 is 2.36 bits per heavy atom. The number of hydrogen-bond acceptors (Lipinski definition) is 3. The second-order valence-electron chi connectivity index (χ2n) is 5.31. The number of benzene rings is 3. The Labute approximate surface area is 142 Å². The third kappa shape index (κ3) is 3.98. The van der Waals surface area contributed by atoms with E-state index in [0.29, 0.717) is 11.8 Å². The summed E-state index contributed by atoms with van der Waals surface area (Å²) >= 11 is 0. The third-order valence-corrected chi connectivity index (χ3v) is 3.50. The molecule has 0 aliphatic heterocycles. The normalized spacial score (nSPS) is 10.5. The van der Waals surface area contributed by atoms with Crippen molar-refractivity contribution in [1.82, 2.24) is 0 Å². The Kier molecular flexibility index (Phi) is 4.70. The highest BCUT2D eigenvalue weighted by Crippen LogP contribution is 2.22. The van der Waals surface area contributed by atoms with Crippen LogP contribution in [-0.4, -0.2) is 18.5 Å². The quantitative estimate of drug-likeness (QED) is 0.732. The largest absolute Gasteiger partial charge is 0.452 e. The predicted molar refractivity (Wildman–Crippen MR) is 89.2 cm³/mol. The number of ether oxygens (including phenoxy) is 1. The molecule has 1 N–H and O–H groups in total. The summed E-state index contributed by atoms with van der Waals surface area (Å²) in [5.74, 6) is -3.33. The average molecular weight is 341 g/mol. The van der Waals surface area contributed by atoms with E-state index < -0.39 is 30.1 Å². The lowest BCUT2D eigenvalue weighted by atomic mass is 10.1. The van der Waals surface area contributed by atoms with Gasteiger partial charge in [-0.25, -0.2) is 13.6 Å². The maximum Gasteiger partial charge on any atom is 0.338 e. The van der Waals surface area contributed by atoms with Crippen molar-refractivity contribution in [2.45, 2.75) is 0 Å². The Balaban J connectivity index is 1.65. The smallest absolute Gasteiger partial charge is 0.338 e. The minimum atomic E-state index is -0.980. The van der Waals surface area contributed by atoms with Crippen LogP contribution in [0.1, 0.15) is 10.4 Å². The molecule has 1 amide bonds. The zero-order valence-electron chi connectivity index (χ0n) is 13.0. The number of halogens is 2. The number of carbonyl (C=O) groups excluding carboxylic acids is 2. The van der Waals surface area contributed by atoms with Crippen LogP contribution in [0.2, 0.25) is 0 Å². The molecule has 0 saturated heterocycles. The van der Waals surface area contributed by atoms with Crippen molar-refractivity contribution in [2.24, 2.45) is 0 Å². The zero-order chi connectivity index (χ0) is 17.8. The minimum Gasteiger partial charge on any atom is -0.452 e. The van der Waals surface area contributed by atoms with Gasteiger partial charge in [-0.3, -0.25) is 4.79 Å². The molecule has 3 aromatic carbocycles. The van der Waals surface area contributed by atoms with Crippen molar-refractivity contribution in [3.63, 3.8) is 0 Å². The molecule has 0 atom stereocenters. The number of hydrogen-bond donors (Lipinski definition) is 1. The molecule has 0 bridgehead atoms. The first-order valence-corrected chi connectivity index (χ1v) is 7.44. The summed E-state index contributed by atoms with van der Waals surface area (Å²) in [6.45, 7) is -0.569. The third-order valence-electron chi connectivity index (χ3n) is 3.50. The highest BCUT2D eigenvalue weighted by Gasteiger charge is 2.13. The molecular weight excluding hydrogens is 328 g/mol. The molecule has 3 aromatic rings. The van der Waals surface area contributed by atoms with Gasteiger partial charge in [0.2, 0.25) is 0 Å². The Morgan fingerprint density at radius 1 is 0.920 bits per heavy atom. The topological polar surface area (TPSA) is 55.4 Å². The molecule has 0 saturated carbocycles. The first kappa shape index (κ1) is 16.6. The van der Waals surface area contributed by atoms with E-state index in [1.54, 1.807) is 12.1 Å². The first-order valence-electron chi connectivity index (χ1n) is 7.44. The molecule has 126 valence electrons. The molecule has 0 radical (unpaired) electrons. The van der Waals surface area contributed by atoms with Crippen molar-refractivity contribution in [2.75, 3.05) is 11.9 Å². The molecule has 0 aromatic heterocycles. The summed E-state index contributed by atoms with van der Waals surface area (Å²) < 4.78 is 31.0. The van der Waals surface area contributed by atoms with Gasteiger partial charge in [0.05, 0.1) is 5.56 Å². The van der Waals surface area contributed by atoms with Gasteiger partial charge in [0.15, 0.2) is 6.61 Å². The molecule has 0 aliphatic carbocycles. The van der Waals surface area contributed by atoms with Crippen molar-refractivity contribution < 1.29 is 23.1 Å². The van der Waals surface area contributed by atoms with Gasteiger partial charge in [-0.1, -0.05) is 36.4 Å². The van der Waals surface area contributed by atoms with E-state index in [0.717, 1.165) is 22.9 Å². The molecule has 0 fully saturated rings. The van der Waals surface area contributed by atoms with E-state index in [-0.39, 0.29) is 5.56 Å². The standard InChI is InChI=1S/C19H13F2NO3/c20-14-8-13(9-15(21)10-14)19(24)25-11-18(23)22-17-7-3-5-12-4-1-2-6-16(12)17/h1-10H,11H2,(H,22,23). The zero-order valence-corrected chi connectivity index (χ0v) is 13.0. The summed E-state index contributed by atoms with van der Waals surface area (Å²) in [6.07, 6.45) is 0. The highest BCUT2D eigenvalue weighted by atomic mass is 19.1. The fraction of sp³-hybridized carbons (Fsp3) is 0.0526. The molecule has 4 nitrogen and oxygen atoms in total. The monoisotopic (exact) mass is 341 g/mol. The summed E-state index contributed by atoms with van der Waals surface area (Å²) in [7, 11) is 0. The fourth-order valence-electron chi connectivity index (χ4n) is 2.41. The molecule has 0 spiro atoms. The van der Waals surface area contributed by atoms with Crippen LogP contribution in [0.4, 0.5) is 14.5 Å². The maximum absolute atomic E-state index is 13.1. The summed E-state index contributed by atoms with van der Waals surface area (Å²) in [4.78, 5) is 23.8. The molecular formula is C19H13F2NO3. The number of rotatable bonds is 4. The van der Waals surface area contributed by atoms with Crippen LogP contribution in [0, 0.1) is 11.6 Å². The van der Waals surface area contributed by atoms with Crippen molar-refractivity contribution in [3.8, 4) is 0 Å². The van der Waals surface area contributed by atoms with Gasteiger partial charge in [0.25, 0.3) is 5.91 Å². The predicted octanol–water partition coefficient (Wildman–Crippen LogP) is 3.91. The summed E-state index contributed by atoms with van der Waals surface area (Å²) in [5, 5.41) is 4.45. The van der Waals surface area contributed by atoms with E-state index in [2.05, 4.69) is 5.32 Å². The lowest BCUT2D eigenvalue weighted by Crippen LogP contribution is -2.21. The van der Waals surface area contributed by atoms with E-state index in [4.69, 9.17) is 4.74 Å². The number of nitrogens with one attached hydrogen (secondary N) is 1. The fourth-order valence-corrected chi connectivity index (χ4v) is 2.41. The van der Waals surface area contributed by atoms with Gasteiger partial charge in [-0.05, 0) is 23.6 Å². The van der Waals surface area contributed by atoms with E-state index in [1.807, 2.05) is 30.3 Å². The SMILES string of the molecule is O=C(COC(=O)c1cc(F)cc(F)c1)Nc1cccc2ccccc12. The van der Waals surface area contributed by atoms with Crippen LogP contribution in [0.3, 0.4) is 0 Å². The highest BCUT2D eigenvalue weighted by molar-refractivity contribution is 6.03. The van der Waals surface area contributed by atoms with Crippen molar-refractivity contribution in [3.05, 3.63) is 77.9 Å². The summed E-state index contributed by atoms with van der Waals surface area (Å²) in [6, 6.07) is 15.2. The van der Waals surface area contributed by atoms with Gasteiger partial charge in [0, 0.05) is 17.1 Å². The second-order valence-corrected chi connectivity index (χ2v) is 5.31. The number of esters is 1. The minimum absolute atomic E-state index is 0.296. The number of carbonyl (C=O) groups is 2. The molecule has 6 heteroatoms. The Morgan fingerprint density at radius 2 is 1.60 bits per heavy atom. The lowest BCUT2D eigenvalue weighted by molar-refractivity contribution is -0.119. The van der Waals surface area contributed by atoms with Crippen LogP contribution in [0.15, 0.2) is 60.7 Å². The Bertz CT molecular complexity index is 931. The van der Waals surface area contributed by atoms with Crippen LogP contribution < -0.4 is 5.32 Å². The van der Waals surface area contributed by atoms with Gasteiger partial charge in [0.1, 0.15) is 11.6 Å².